The molecule has 134 valence electrons. The number of benzene rings is 2. The molecule has 0 aliphatic carbocycles. The fourth-order valence-electron chi connectivity index (χ4n) is 3.19. The molecule has 0 saturated heterocycles. The van der Waals surface area contributed by atoms with Crippen LogP contribution in [0.1, 0.15) is 22.4 Å². The summed E-state index contributed by atoms with van der Waals surface area (Å²) in [5, 5.41) is 8.60. The van der Waals surface area contributed by atoms with E-state index >= 15 is 0 Å². The normalized spacial score (nSPS) is 13.5. The van der Waals surface area contributed by atoms with Crippen LogP contribution in [-0.4, -0.2) is 16.3 Å². The Morgan fingerprint density at radius 3 is 2.50 bits per heavy atom. The monoisotopic (exact) mass is 377 g/mol. The van der Waals surface area contributed by atoms with E-state index in [1.54, 1.807) is 4.68 Å². The molecule has 3 aromatic rings. The van der Waals surface area contributed by atoms with Crippen LogP contribution in [0.15, 0.2) is 48.5 Å². The van der Waals surface area contributed by atoms with Gasteiger partial charge in [-0.1, -0.05) is 29.8 Å². The summed E-state index contributed by atoms with van der Waals surface area (Å²) in [6.45, 7) is 0.781. The molecule has 0 saturated carbocycles. The molecule has 0 spiro atoms. The number of alkyl halides is 3. The molecule has 0 bridgehead atoms. The highest BCUT2D eigenvalue weighted by molar-refractivity contribution is 6.31. The van der Waals surface area contributed by atoms with Crippen LogP contribution in [0.25, 0.3) is 5.69 Å². The number of nitrogens with one attached hydrogen (secondary N) is 1. The van der Waals surface area contributed by atoms with Gasteiger partial charge in [0, 0.05) is 23.6 Å². The van der Waals surface area contributed by atoms with Gasteiger partial charge in [-0.15, -0.1) is 0 Å². The Bertz CT molecular complexity index is 946. The molecule has 4 rings (SSSR count). The SMILES string of the molecule is FC(F)(F)c1ccc(-n2nc(Cc3ccccc3Cl)c3c2NCC3)cc1. The molecule has 2 heterocycles. The number of rotatable bonds is 3. The van der Waals surface area contributed by atoms with Gasteiger partial charge < -0.3 is 5.32 Å². The third-order valence-electron chi connectivity index (χ3n) is 4.49. The average molecular weight is 378 g/mol. The van der Waals surface area contributed by atoms with Crippen molar-refractivity contribution in [3.63, 3.8) is 0 Å². The van der Waals surface area contributed by atoms with Crippen molar-refractivity contribution in [2.75, 3.05) is 11.9 Å². The minimum absolute atomic E-state index is 0.581. The van der Waals surface area contributed by atoms with Gasteiger partial charge in [0.1, 0.15) is 5.82 Å². The molecule has 1 N–H and O–H groups in total. The summed E-state index contributed by atoms with van der Waals surface area (Å²) in [5.41, 5.74) is 2.87. The van der Waals surface area contributed by atoms with Crippen molar-refractivity contribution in [3.8, 4) is 5.69 Å². The molecule has 3 nitrogen and oxygen atoms in total. The van der Waals surface area contributed by atoms with Gasteiger partial charge in [-0.2, -0.15) is 18.3 Å². The number of aromatic nitrogens is 2. The lowest BCUT2D eigenvalue weighted by Gasteiger charge is -2.09. The van der Waals surface area contributed by atoms with Crippen molar-refractivity contribution in [2.24, 2.45) is 0 Å². The van der Waals surface area contributed by atoms with Gasteiger partial charge in [0.15, 0.2) is 0 Å². The lowest BCUT2D eigenvalue weighted by Crippen LogP contribution is -2.07. The maximum absolute atomic E-state index is 12.8. The van der Waals surface area contributed by atoms with Gasteiger partial charge in [-0.05, 0) is 42.3 Å². The van der Waals surface area contributed by atoms with E-state index in [0.717, 1.165) is 47.7 Å². The molecule has 2 aromatic carbocycles. The molecule has 1 aliphatic rings. The van der Waals surface area contributed by atoms with Crippen LogP contribution < -0.4 is 5.32 Å². The van der Waals surface area contributed by atoms with Crippen molar-refractivity contribution in [1.29, 1.82) is 0 Å². The minimum Gasteiger partial charge on any atom is -0.369 e. The summed E-state index contributed by atoms with van der Waals surface area (Å²) < 4.78 is 40.0. The molecule has 0 amide bonds. The number of hydrogen-bond donors (Lipinski definition) is 1. The molecule has 0 unspecified atom stereocenters. The number of nitrogens with zero attached hydrogens (tertiary/aromatic N) is 2. The van der Waals surface area contributed by atoms with Crippen LogP contribution in [-0.2, 0) is 19.0 Å². The van der Waals surface area contributed by atoms with E-state index in [4.69, 9.17) is 11.6 Å². The van der Waals surface area contributed by atoms with E-state index in [2.05, 4.69) is 10.4 Å². The first-order valence-corrected chi connectivity index (χ1v) is 8.57. The maximum Gasteiger partial charge on any atom is 0.416 e. The Labute approximate surface area is 153 Å². The van der Waals surface area contributed by atoms with E-state index in [1.807, 2.05) is 24.3 Å². The third kappa shape index (κ3) is 3.05. The second-order valence-corrected chi connectivity index (χ2v) is 6.58. The van der Waals surface area contributed by atoms with Crippen molar-refractivity contribution < 1.29 is 13.2 Å². The first-order valence-electron chi connectivity index (χ1n) is 8.19. The van der Waals surface area contributed by atoms with E-state index in [0.29, 0.717) is 17.1 Å². The average Bonchev–Trinajstić information content (AvgIpc) is 3.20. The third-order valence-corrected chi connectivity index (χ3v) is 4.86. The van der Waals surface area contributed by atoms with E-state index in [1.165, 1.54) is 12.1 Å². The fourth-order valence-corrected chi connectivity index (χ4v) is 3.39. The van der Waals surface area contributed by atoms with Crippen LogP contribution >= 0.6 is 11.6 Å². The van der Waals surface area contributed by atoms with Crippen molar-refractivity contribution >= 4 is 17.4 Å². The summed E-state index contributed by atoms with van der Waals surface area (Å²) in [6.07, 6.45) is -2.94. The van der Waals surface area contributed by atoms with Gasteiger partial charge in [-0.3, -0.25) is 0 Å². The number of fused-ring (bicyclic) bond motifs is 1. The van der Waals surface area contributed by atoms with Crippen LogP contribution in [0.2, 0.25) is 5.02 Å². The van der Waals surface area contributed by atoms with Gasteiger partial charge in [0.05, 0.1) is 16.9 Å². The van der Waals surface area contributed by atoms with Crippen LogP contribution in [0.3, 0.4) is 0 Å². The van der Waals surface area contributed by atoms with E-state index < -0.39 is 11.7 Å². The van der Waals surface area contributed by atoms with Gasteiger partial charge >= 0.3 is 6.18 Å². The first-order chi connectivity index (χ1) is 12.4. The zero-order valence-electron chi connectivity index (χ0n) is 13.6. The molecule has 0 atom stereocenters. The highest BCUT2D eigenvalue weighted by Gasteiger charge is 2.30. The minimum atomic E-state index is -4.35. The zero-order valence-corrected chi connectivity index (χ0v) is 14.4. The standard InChI is InChI=1S/C19H15ClF3N3/c20-16-4-2-1-3-12(16)11-17-15-9-10-24-18(15)26(25-17)14-7-5-13(6-8-14)19(21,22)23/h1-8,24H,9-11H2. The molecule has 0 radical (unpaired) electrons. The summed E-state index contributed by atoms with van der Waals surface area (Å²) in [6, 6.07) is 12.6. The Hall–Kier alpha value is -2.47. The van der Waals surface area contributed by atoms with E-state index in [-0.39, 0.29) is 0 Å². The number of hydrogen-bond acceptors (Lipinski definition) is 2. The van der Waals surface area contributed by atoms with Gasteiger partial charge in [0.2, 0.25) is 0 Å². The van der Waals surface area contributed by atoms with Gasteiger partial charge in [0.25, 0.3) is 0 Å². The van der Waals surface area contributed by atoms with Crippen LogP contribution in [0.4, 0.5) is 19.0 Å². The topological polar surface area (TPSA) is 29.9 Å². The fraction of sp³-hybridized carbons (Fsp3) is 0.211. The summed E-state index contributed by atoms with van der Waals surface area (Å²) >= 11 is 6.25. The van der Waals surface area contributed by atoms with Gasteiger partial charge in [-0.25, -0.2) is 4.68 Å². The Kier molecular flexibility index (Phi) is 4.15. The summed E-state index contributed by atoms with van der Waals surface area (Å²) in [4.78, 5) is 0. The largest absolute Gasteiger partial charge is 0.416 e. The molecule has 1 aromatic heterocycles. The second kappa shape index (κ2) is 6.36. The lowest BCUT2D eigenvalue weighted by atomic mass is 10.1. The van der Waals surface area contributed by atoms with E-state index in [9.17, 15) is 13.2 Å². The molecule has 7 heteroatoms. The molecule has 0 fully saturated rings. The lowest BCUT2D eigenvalue weighted by molar-refractivity contribution is -0.137. The zero-order chi connectivity index (χ0) is 18.3. The Morgan fingerprint density at radius 1 is 1.08 bits per heavy atom. The highest BCUT2D eigenvalue weighted by atomic mass is 35.5. The predicted octanol–water partition coefficient (Wildman–Crippen LogP) is 5.10. The summed E-state index contributed by atoms with van der Waals surface area (Å²) in [7, 11) is 0. The molecule has 26 heavy (non-hydrogen) atoms. The number of halogens is 4. The number of anilines is 1. The molecular weight excluding hydrogens is 363 g/mol. The predicted molar refractivity (Wildman–Crippen MR) is 95.0 cm³/mol. The maximum atomic E-state index is 12.8. The smallest absolute Gasteiger partial charge is 0.369 e. The quantitative estimate of drug-likeness (QED) is 0.688. The van der Waals surface area contributed by atoms with Crippen LogP contribution in [0.5, 0.6) is 0 Å². The first kappa shape index (κ1) is 17.0. The second-order valence-electron chi connectivity index (χ2n) is 6.18. The van der Waals surface area contributed by atoms with Crippen molar-refractivity contribution in [2.45, 2.75) is 19.0 Å². The van der Waals surface area contributed by atoms with Crippen molar-refractivity contribution in [3.05, 3.63) is 75.9 Å². The Morgan fingerprint density at radius 2 is 1.81 bits per heavy atom. The molecule has 1 aliphatic heterocycles. The Balaban J connectivity index is 1.71. The summed E-state index contributed by atoms with van der Waals surface area (Å²) in [5.74, 6) is 0.840. The van der Waals surface area contributed by atoms with Crippen molar-refractivity contribution in [1.82, 2.24) is 9.78 Å². The highest BCUT2D eigenvalue weighted by Crippen LogP contribution is 2.33. The van der Waals surface area contributed by atoms with Crippen LogP contribution in [0, 0.1) is 0 Å². The molecular formula is C19H15ClF3N3.